The molecule has 1 atom stereocenters. The van der Waals surface area contributed by atoms with E-state index in [1.165, 1.54) is 0 Å². The molecular weight excluding hydrogens is 220 g/mol. The third kappa shape index (κ3) is 5.35. The number of aromatic amines is 1. The second-order valence-electron chi connectivity index (χ2n) is 4.82. The molecule has 0 spiro atoms. The van der Waals surface area contributed by atoms with Crippen molar-refractivity contribution in [3.8, 4) is 0 Å². The van der Waals surface area contributed by atoms with Crippen LogP contribution in [0.5, 0.6) is 0 Å². The van der Waals surface area contributed by atoms with E-state index in [2.05, 4.69) is 15.3 Å². The van der Waals surface area contributed by atoms with Gasteiger partial charge in [-0.2, -0.15) is 0 Å². The molecule has 4 N–H and O–H groups in total. The molecule has 0 aromatic carbocycles. The van der Waals surface area contributed by atoms with Crippen LogP contribution < -0.4 is 11.1 Å². The maximum atomic E-state index is 11.5. The maximum absolute atomic E-state index is 11.5. The molecule has 1 rings (SSSR count). The van der Waals surface area contributed by atoms with E-state index >= 15 is 0 Å². The Morgan fingerprint density at radius 2 is 2.35 bits per heavy atom. The lowest BCUT2D eigenvalue weighted by Gasteiger charge is -2.22. The largest absolute Gasteiger partial charge is 0.444 e. The molecule has 0 aliphatic rings. The summed E-state index contributed by atoms with van der Waals surface area (Å²) in [7, 11) is 0. The molecule has 6 heteroatoms. The number of H-pyrrole nitrogens is 1. The average Bonchev–Trinajstić information content (AvgIpc) is 2.66. The zero-order chi connectivity index (χ0) is 12.9. The molecule has 6 nitrogen and oxygen atoms in total. The number of amides is 1. The summed E-state index contributed by atoms with van der Waals surface area (Å²) in [4.78, 5) is 18.6. The molecule has 0 radical (unpaired) electrons. The van der Waals surface area contributed by atoms with Gasteiger partial charge in [0.1, 0.15) is 11.4 Å². The lowest BCUT2D eigenvalue weighted by atomic mass is 10.2. The van der Waals surface area contributed by atoms with Crippen LogP contribution in [0.3, 0.4) is 0 Å². The fourth-order valence-electron chi connectivity index (χ4n) is 1.31. The monoisotopic (exact) mass is 240 g/mol. The highest BCUT2D eigenvalue weighted by Gasteiger charge is 2.19. The third-order valence-corrected chi connectivity index (χ3v) is 2.00. The second kappa shape index (κ2) is 5.67. The summed E-state index contributed by atoms with van der Waals surface area (Å²) < 4.78 is 5.15. The van der Waals surface area contributed by atoms with Gasteiger partial charge < -0.3 is 20.8 Å². The summed E-state index contributed by atoms with van der Waals surface area (Å²) in [6, 6.07) is -0.184. The fraction of sp³-hybridized carbons (Fsp3) is 0.636. The van der Waals surface area contributed by atoms with Crippen molar-refractivity contribution in [1.29, 1.82) is 0 Å². The minimum atomic E-state index is -0.506. The number of nitrogens with two attached hydrogens (primary N) is 1. The minimum absolute atomic E-state index is 0.184. The number of carbonyl (C=O) groups is 1. The van der Waals surface area contributed by atoms with Crippen molar-refractivity contribution in [3.05, 3.63) is 18.2 Å². The van der Waals surface area contributed by atoms with Gasteiger partial charge in [-0.25, -0.2) is 9.78 Å². The smallest absolute Gasteiger partial charge is 0.407 e. The maximum Gasteiger partial charge on any atom is 0.407 e. The Bertz CT molecular complexity index is 343. The number of carbonyl (C=O) groups excluding carboxylic acids is 1. The topological polar surface area (TPSA) is 93.0 Å². The van der Waals surface area contributed by atoms with Crippen molar-refractivity contribution in [2.75, 3.05) is 6.54 Å². The molecule has 1 aromatic rings. The first-order valence-corrected chi connectivity index (χ1v) is 5.58. The summed E-state index contributed by atoms with van der Waals surface area (Å²) in [5.41, 5.74) is 5.08. The van der Waals surface area contributed by atoms with Crippen LogP contribution >= 0.6 is 0 Å². The van der Waals surface area contributed by atoms with Gasteiger partial charge in [0, 0.05) is 25.4 Å². The Kier molecular flexibility index (Phi) is 4.51. The number of imidazole rings is 1. The van der Waals surface area contributed by atoms with E-state index in [4.69, 9.17) is 10.5 Å². The van der Waals surface area contributed by atoms with Gasteiger partial charge >= 0.3 is 6.09 Å². The molecule has 1 unspecified atom stereocenters. The van der Waals surface area contributed by atoms with Gasteiger partial charge in [-0.15, -0.1) is 0 Å². The Hall–Kier alpha value is -1.56. The summed E-state index contributed by atoms with van der Waals surface area (Å²) in [6.45, 7) is 5.78. The number of rotatable bonds is 4. The van der Waals surface area contributed by atoms with Crippen LogP contribution in [0.2, 0.25) is 0 Å². The number of aromatic nitrogens is 2. The van der Waals surface area contributed by atoms with Gasteiger partial charge in [0.15, 0.2) is 0 Å². The lowest BCUT2D eigenvalue weighted by molar-refractivity contribution is 0.0505. The summed E-state index contributed by atoms with van der Waals surface area (Å²) >= 11 is 0. The van der Waals surface area contributed by atoms with Crippen LogP contribution in [0.4, 0.5) is 4.79 Å². The quantitative estimate of drug-likeness (QED) is 0.726. The highest BCUT2D eigenvalue weighted by atomic mass is 16.6. The molecule has 0 aliphatic heterocycles. The first-order valence-electron chi connectivity index (χ1n) is 5.58. The Morgan fingerprint density at radius 3 is 2.82 bits per heavy atom. The minimum Gasteiger partial charge on any atom is -0.444 e. The van der Waals surface area contributed by atoms with E-state index < -0.39 is 11.7 Å². The third-order valence-electron chi connectivity index (χ3n) is 2.00. The first kappa shape index (κ1) is 13.5. The van der Waals surface area contributed by atoms with Crippen molar-refractivity contribution < 1.29 is 9.53 Å². The molecule has 0 fully saturated rings. The van der Waals surface area contributed by atoms with Gasteiger partial charge in [-0.1, -0.05) is 0 Å². The molecule has 0 saturated heterocycles. The van der Waals surface area contributed by atoms with Crippen LogP contribution in [0.15, 0.2) is 12.4 Å². The van der Waals surface area contributed by atoms with Gasteiger partial charge in [0.2, 0.25) is 0 Å². The van der Waals surface area contributed by atoms with Gasteiger partial charge in [-0.05, 0) is 20.8 Å². The van der Waals surface area contributed by atoms with Crippen molar-refractivity contribution in [3.63, 3.8) is 0 Å². The molecule has 0 bridgehead atoms. The molecule has 0 aliphatic carbocycles. The first-order chi connectivity index (χ1) is 7.90. The average molecular weight is 240 g/mol. The van der Waals surface area contributed by atoms with Crippen LogP contribution in [0.25, 0.3) is 0 Å². The molecular formula is C11H20N4O2. The second-order valence-corrected chi connectivity index (χ2v) is 4.82. The molecule has 0 saturated carbocycles. The zero-order valence-corrected chi connectivity index (χ0v) is 10.5. The van der Waals surface area contributed by atoms with Crippen molar-refractivity contribution >= 4 is 6.09 Å². The molecule has 96 valence electrons. The normalized spacial score (nSPS) is 13.2. The van der Waals surface area contributed by atoms with Gasteiger partial charge in [0.25, 0.3) is 0 Å². The summed E-state index contributed by atoms with van der Waals surface area (Å²) in [5, 5.41) is 2.72. The van der Waals surface area contributed by atoms with Crippen LogP contribution in [0, 0.1) is 0 Å². The zero-order valence-electron chi connectivity index (χ0n) is 10.5. The van der Waals surface area contributed by atoms with Crippen molar-refractivity contribution in [2.24, 2.45) is 5.73 Å². The van der Waals surface area contributed by atoms with Crippen molar-refractivity contribution in [2.45, 2.75) is 38.8 Å². The number of alkyl carbamates (subject to hydrolysis) is 1. The Morgan fingerprint density at radius 1 is 1.65 bits per heavy atom. The van der Waals surface area contributed by atoms with E-state index in [0.717, 1.165) is 5.82 Å². The van der Waals surface area contributed by atoms with E-state index in [-0.39, 0.29) is 6.04 Å². The van der Waals surface area contributed by atoms with Crippen LogP contribution in [-0.2, 0) is 11.2 Å². The predicted octanol–water partition coefficient (Wildman–Crippen LogP) is 0.804. The standard InChI is InChI=1S/C11H20N4O2/c1-11(2,3)17-10(16)15-8(7-12)6-9-13-4-5-14-9/h4-5,8H,6-7,12H2,1-3H3,(H,13,14)(H,15,16). The number of hydrogen-bond acceptors (Lipinski definition) is 4. The van der Waals surface area contributed by atoms with Crippen molar-refractivity contribution in [1.82, 2.24) is 15.3 Å². The van der Waals surface area contributed by atoms with Crippen LogP contribution in [0.1, 0.15) is 26.6 Å². The number of nitrogens with zero attached hydrogens (tertiary/aromatic N) is 1. The SMILES string of the molecule is CC(C)(C)OC(=O)NC(CN)Cc1ncc[nH]1. The summed E-state index contributed by atoms with van der Waals surface area (Å²) in [5.74, 6) is 0.788. The van der Waals surface area contributed by atoms with E-state index in [1.54, 1.807) is 12.4 Å². The summed E-state index contributed by atoms with van der Waals surface area (Å²) in [6.07, 6.45) is 3.50. The van der Waals surface area contributed by atoms with E-state index in [9.17, 15) is 4.79 Å². The highest BCUT2D eigenvalue weighted by molar-refractivity contribution is 5.68. The molecule has 1 amide bonds. The van der Waals surface area contributed by atoms with Gasteiger partial charge in [-0.3, -0.25) is 0 Å². The number of nitrogens with one attached hydrogen (secondary N) is 2. The Balaban J connectivity index is 2.44. The highest BCUT2D eigenvalue weighted by Crippen LogP contribution is 2.07. The van der Waals surface area contributed by atoms with Gasteiger partial charge in [0.05, 0.1) is 6.04 Å². The predicted molar refractivity (Wildman–Crippen MR) is 64.5 cm³/mol. The lowest BCUT2D eigenvalue weighted by Crippen LogP contribution is -2.44. The van der Waals surface area contributed by atoms with E-state index in [0.29, 0.717) is 13.0 Å². The fourth-order valence-corrected chi connectivity index (χ4v) is 1.31. The number of ether oxygens (including phenoxy) is 1. The number of hydrogen-bond donors (Lipinski definition) is 3. The Labute approximate surface area is 101 Å². The molecule has 17 heavy (non-hydrogen) atoms. The molecule has 1 aromatic heterocycles. The van der Waals surface area contributed by atoms with Crippen LogP contribution in [-0.4, -0.2) is 34.2 Å². The van der Waals surface area contributed by atoms with E-state index in [1.807, 2.05) is 20.8 Å². The molecule has 1 heterocycles.